The average Bonchev–Trinajstić information content (AvgIpc) is 2.66. The zero-order chi connectivity index (χ0) is 17.8. The van der Waals surface area contributed by atoms with Gasteiger partial charge in [-0.25, -0.2) is 0 Å². The number of ether oxygens (including phenoxy) is 1. The first-order chi connectivity index (χ1) is 12.1. The molecular weight excluding hydrogens is 306 g/mol. The maximum atomic E-state index is 5.45. The van der Waals surface area contributed by atoms with Crippen LogP contribution in [0.5, 0.6) is 5.75 Å². The van der Waals surface area contributed by atoms with E-state index in [0.717, 1.165) is 12.2 Å². The molecule has 130 valence electrons. The molecule has 0 fully saturated rings. The first kappa shape index (κ1) is 17.5. The Morgan fingerprint density at radius 3 is 2.44 bits per heavy atom. The average molecular weight is 333 g/mol. The van der Waals surface area contributed by atoms with Crippen LogP contribution in [0, 0.1) is 0 Å². The molecule has 0 amide bonds. The minimum Gasteiger partial charge on any atom is -0.496 e. The highest BCUT2D eigenvalue weighted by molar-refractivity contribution is 5.86. The van der Waals surface area contributed by atoms with Crippen LogP contribution in [0.2, 0.25) is 0 Å². The number of fused-ring (bicyclic) bond motifs is 1. The van der Waals surface area contributed by atoms with Crippen molar-refractivity contribution in [2.75, 3.05) is 7.11 Å². The van der Waals surface area contributed by atoms with Crippen molar-refractivity contribution >= 4 is 10.8 Å². The monoisotopic (exact) mass is 333 g/mol. The maximum Gasteiger partial charge on any atom is 0.122 e. The summed E-state index contributed by atoms with van der Waals surface area (Å²) in [5, 5.41) is 6.36. The zero-order valence-corrected chi connectivity index (χ0v) is 15.5. The van der Waals surface area contributed by atoms with Crippen LogP contribution in [0.25, 0.3) is 10.8 Å². The third-order valence-electron chi connectivity index (χ3n) is 4.98. The molecule has 25 heavy (non-hydrogen) atoms. The molecule has 3 aromatic rings. The summed E-state index contributed by atoms with van der Waals surface area (Å²) in [4.78, 5) is 0. The highest BCUT2D eigenvalue weighted by Crippen LogP contribution is 2.28. The summed E-state index contributed by atoms with van der Waals surface area (Å²) >= 11 is 0. The van der Waals surface area contributed by atoms with E-state index in [2.05, 4.69) is 86.8 Å². The standard InChI is InChI=1S/C23H27NO/c1-5-18-15-20(13-14-23(18)25-4)16(2)24-17(3)21-12-8-10-19-9-6-7-11-22(19)21/h6-17,24H,5H2,1-4H3/t16-,17-/m1/s1. The number of hydrogen-bond donors (Lipinski definition) is 1. The van der Waals surface area contributed by atoms with Crippen LogP contribution in [0.3, 0.4) is 0 Å². The molecule has 0 aliphatic heterocycles. The molecule has 0 bridgehead atoms. The lowest BCUT2D eigenvalue weighted by atomic mass is 9.97. The zero-order valence-electron chi connectivity index (χ0n) is 15.5. The van der Waals surface area contributed by atoms with E-state index >= 15 is 0 Å². The van der Waals surface area contributed by atoms with Gasteiger partial charge in [0.15, 0.2) is 0 Å². The maximum absolute atomic E-state index is 5.45. The van der Waals surface area contributed by atoms with Gasteiger partial charge in [0, 0.05) is 12.1 Å². The van der Waals surface area contributed by atoms with Crippen LogP contribution in [-0.2, 0) is 6.42 Å². The van der Waals surface area contributed by atoms with Crippen LogP contribution in [0.15, 0.2) is 60.7 Å². The van der Waals surface area contributed by atoms with E-state index in [1.54, 1.807) is 7.11 Å². The van der Waals surface area contributed by atoms with E-state index < -0.39 is 0 Å². The predicted octanol–water partition coefficient (Wildman–Crippen LogP) is 5.82. The number of benzene rings is 3. The summed E-state index contributed by atoms with van der Waals surface area (Å²) in [6.07, 6.45) is 0.975. The number of aryl methyl sites for hydroxylation is 1. The van der Waals surface area contributed by atoms with Gasteiger partial charge in [0.2, 0.25) is 0 Å². The van der Waals surface area contributed by atoms with Gasteiger partial charge in [-0.15, -0.1) is 0 Å². The van der Waals surface area contributed by atoms with Crippen molar-refractivity contribution in [2.45, 2.75) is 39.3 Å². The molecule has 2 heteroatoms. The Kier molecular flexibility index (Phi) is 5.40. The highest BCUT2D eigenvalue weighted by atomic mass is 16.5. The van der Waals surface area contributed by atoms with Crippen molar-refractivity contribution in [3.8, 4) is 5.75 Å². The van der Waals surface area contributed by atoms with Gasteiger partial charge in [-0.3, -0.25) is 0 Å². The summed E-state index contributed by atoms with van der Waals surface area (Å²) in [7, 11) is 1.73. The first-order valence-corrected chi connectivity index (χ1v) is 9.04. The van der Waals surface area contributed by atoms with Crippen molar-refractivity contribution in [1.82, 2.24) is 5.32 Å². The number of nitrogens with one attached hydrogen (secondary N) is 1. The fourth-order valence-electron chi connectivity index (χ4n) is 3.53. The molecule has 2 atom stereocenters. The molecule has 0 aliphatic carbocycles. The Morgan fingerprint density at radius 2 is 1.68 bits per heavy atom. The molecule has 0 spiro atoms. The Bertz CT molecular complexity index is 850. The largest absolute Gasteiger partial charge is 0.496 e. The van der Waals surface area contributed by atoms with Crippen LogP contribution >= 0.6 is 0 Å². The molecule has 0 saturated carbocycles. The van der Waals surface area contributed by atoms with Gasteiger partial charge in [0.25, 0.3) is 0 Å². The second-order valence-electron chi connectivity index (χ2n) is 6.60. The lowest BCUT2D eigenvalue weighted by Gasteiger charge is -2.23. The summed E-state index contributed by atoms with van der Waals surface area (Å²) < 4.78 is 5.45. The first-order valence-electron chi connectivity index (χ1n) is 9.04. The van der Waals surface area contributed by atoms with Crippen LogP contribution in [0.4, 0.5) is 0 Å². The van der Waals surface area contributed by atoms with E-state index in [1.165, 1.54) is 27.5 Å². The molecule has 0 unspecified atom stereocenters. The van der Waals surface area contributed by atoms with Crippen LogP contribution < -0.4 is 10.1 Å². The van der Waals surface area contributed by atoms with Crippen LogP contribution in [0.1, 0.15) is 49.5 Å². The second kappa shape index (κ2) is 7.71. The fraction of sp³-hybridized carbons (Fsp3) is 0.304. The van der Waals surface area contributed by atoms with Gasteiger partial charge in [-0.1, -0.05) is 61.5 Å². The van der Waals surface area contributed by atoms with E-state index in [4.69, 9.17) is 4.74 Å². The predicted molar refractivity (Wildman–Crippen MR) is 106 cm³/mol. The number of hydrogen-bond acceptors (Lipinski definition) is 2. The summed E-state index contributed by atoms with van der Waals surface area (Å²) in [6, 6.07) is 22.1. The minimum atomic E-state index is 0.269. The normalized spacial score (nSPS) is 13.6. The third kappa shape index (κ3) is 3.69. The fourth-order valence-corrected chi connectivity index (χ4v) is 3.53. The molecular formula is C23H27NO. The van der Waals surface area contributed by atoms with Gasteiger partial charge in [-0.05, 0) is 53.8 Å². The lowest BCUT2D eigenvalue weighted by molar-refractivity contribution is 0.409. The Hall–Kier alpha value is -2.32. The Morgan fingerprint density at radius 1 is 0.920 bits per heavy atom. The smallest absolute Gasteiger partial charge is 0.122 e. The van der Waals surface area contributed by atoms with Crippen molar-refractivity contribution in [3.05, 3.63) is 77.4 Å². The van der Waals surface area contributed by atoms with E-state index in [9.17, 15) is 0 Å². The molecule has 0 aromatic heterocycles. The molecule has 0 aliphatic rings. The van der Waals surface area contributed by atoms with Crippen molar-refractivity contribution in [2.24, 2.45) is 0 Å². The molecule has 3 rings (SSSR count). The van der Waals surface area contributed by atoms with Crippen molar-refractivity contribution < 1.29 is 4.74 Å². The van der Waals surface area contributed by atoms with Crippen molar-refractivity contribution in [1.29, 1.82) is 0 Å². The molecule has 0 radical (unpaired) electrons. The molecule has 3 aromatic carbocycles. The van der Waals surface area contributed by atoms with Gasteiger partial charge < -0.3 is 10.1 Å². The number of methoxy groups -OCH3 is 1. The number of rotatable bonds is 6. The van der Waals surface area contributed by atoms with Crippen molar-refractivity contribution in [3.63, 3.8) is 0 Å². The summed E-state index contributed by atoms with van der Waals surface area (Å²) in [5.74, 6) is 0.973. The molecule has 0 heterocycles. The Balaban J connectivity index is 1.83. The van der Waals surface area contributed by atoms with Gasteiger partial charge in [0.05, 0.1) is 7.11 Å². The molecule has 1 N–H and O–H groups in total. The SMILES string of the molecule is CCc1cc([C@@H](C)N[C@H](C)c2cccc3ccccc23)ccc1OC. The van der Waals surface area contributed by atoms with E-state index in [0.29, 0.717) is 0 Å². The molecule has 2 nitrogen and oxygen atoms in total. The quantitative estimate of drug-likeness (QED) is 0.613. The topological polar surface area (TPSA) is 21.3 Å². The van der Waals surface area contributed by atoms with Gasteiger partial charge in [0.1, 0.15) is 5.75 Å². The van der Waals surface area contributed by atoms with Gasteiger partial charge in [-0.2, -0.15) is 0 Å². The van der Waals surface area contributed by atoms with Gasteiger partial charge >= 0.3 is 0 Å². The summed E-state index contributed by atoms with van der Waals surface area (Å²) in [5.41, 5.74) is 3.89. The third-order valence-corrected chi connectivity index (χ3v) is 4.98. The van der Waals surface area contributed by atoms with Crippen LogP contribution in [-0.4, -0.2) is 7.11 Å². The highest BCUT2D eigenvalue weighted by Gasteiger charge is 2.14. The molecule has 0 saturated heterocycles. The lowest BCUT2D eigenvalue weighted by Crippen LogP contribution is -2.22. The van der Waals surface area contributed by atoms with E-state index in [-0.39, 0.29) is 12.1 Å². The minimum absolute atomic E-state index is 0.269. The Labute approximate surface area is 150 Å². The summed E-state index contributed by atoms with van der Waals surface area (Å²) in [6.45, 7) is 6.63. The van der Waals surface area contributed by atoms with E-state index in [1.807, 2.05) is 0 Å². The second-order valence-corrected chi connectivity index (χ2v) is 6.60.